The first-order valence-electron chi connectivity index (χ1n) is 19.2. The number of allylic oxidation sites excluding steroid dienone is 1. The highest BCUT2D eigenvalue weighted by atomic mass is 16.5. The van der Waals surface area contributed by atoms with Crippen molar-refractivity contribution in [3.05, 3.63) is 137 Å². The maximum absolute atomic E-state index is 14.5. The number of hydrogen-bond acceptors (Lipinski definition) is 8. The summed E-state index contributed by atoms with van der Waals surface area (Å²) in [5, 5.41) is 21.9. The van der Waals surface area contributed by atoms with Gasteiger partial charge in [-0.15, -0.1) is 0 Å². The van der Waals surface area contributed by atoms with Gasteiger partial charge < -0.3 is 19.5 Å². The molecule has 0 saturated carbocycles. The number of carbonyl (C=O) groups is 2. The Morgan fingerprint density at radius 1 is 0.889 bits per heavy atom. The molecule has 8 rings (SSSR count). The van der Waals surface area contributed by atoms with E-state index in [0.29, 0.717) is 24.8 Å². The molecule has 3 aromatic carbocycles. The Kier molecular flexibility index (Phi) is 10.8. The fraction of sp³-hybridized carbons (Fsp3) is 0.341. The van der Waals surface area contributed by atoms with Crippen LogP contribution in [0.1, 0.15) is 48.9 Å². The molecule has 1 aliphatic carbocycles. The average molecular weight is 724 g/mol. The van der Waals surface area contributed by atoms with Crippen LogP contribution < -0.4 is 4.74 Å². The lowest BCUT2D eigenvalue weighted by Gasteiger charge is -2.43. The third-order valence-corrected chi connectivity index (χ3v) is 11.6. The fourth-order valence-electron chi connectivity index (χ4n) is 9.06. The zero-order valence-electron chi connectivity index (χ0n) is 30.4. The van der Waals surface area contributed by atoms with Crippen molar-refractivity contribution in [3.63, 3.8) is 0 Å². The van der Waals surface area contributed by atoms with Crippen LogP contribution >= 0.6 is 0 Å². The smallest absolute Gasteiger partial charge is 0.455 e. The molecule has 2 amide bonds. The summed E-state index contributed by atoms with van der Waals surface area (Å²) in [6.07, 6.45) is 6.34. The van der Waals surface area contributed by atoms with E-state index in [1.807, 2.05) is 72.8 Å². The lowest BCUT2D eigenvalue weighted by molar-refractivity contribution is -0.144. The molecule has 4 atom stereocenters. The lowest BCUT2D eigenvalue weighted by Crippen LogP contribution is -2.48. The number of imide groups is 1. The summed E-state index contributed by atoms with van der Waals surface area (Å²) in [5.41, 5.74) is 5.56. The van der Waals surface area contributed by atoms with E-state index in [9.17, 15) is 19.7 Å². The summed E-state index contributed by atoms with van der Waals surface area (Å²) in [6, 6.07) is 32.8. The number of likely N-dealkylation sites (tertiary alicyclic amines) is 2. The summed E-state index contributed by atoms with van der Waals surface area (Å²) in [4.78, 5) is 37.5. The third-order valence-electron chi connectivity index (χ3n) is 11.6. The Morgan fingerprint density at radius 2 is 1.61 bits per heavy atom. The number of carbonyl (C=O) groups excluding carboxylic acids is 2. The van der Waals surface area contributed by atoms with Gasteiger partial charge in [-0.05, 0) is 103 Å². The zero-order valence-corrected chi connectivity index (χ0v) is 30.4. The van der Waals surface area contributed by atoms with Crippen LogP contribution in [-0.4, -0.2) is 75.7 Å². The minimum absolute atomic E-state index is 0.0941. The molecule has 0 spiro atoms. The van der Waals surface area contributed by atoms with Crippen LogP contribution in [0.3, 0.4) is 0 Å². The highest BCUT2D eigenvalue weighted by Crippen LogP contribution is 2.51. The molecular weight excluding hydrogens is 677 g/mol. The van der Waals surface area contributed by atoms with Crippen molar-refractivity contribution in [1.29, 1.82) is 0 Å². The van der Waals surface area contributed by atoms with Gasteiger partial charge in [0.15, 0.2) is 0 Å². The molecule has 3 aliphatic heterocycles. The number of phenols is 1. The zero-order chi connectivity index (χ0) is 37.0. The van der Waals surface area contributed by atoms with Gasteiger partial charge in [0.25, 0.3) is 0 Å². The van der Waals surface area contributed by atoms with Gasteiger partial charge in [-0.2, -0.15) is 0 Å². The van der Waals surface area contributed by atoms with E-state index < -0.39 is 25.1 Å². The molecule has 276 valence electrons. The van der Waals surface area contributed by atoms with Gasteiger partial charge in [-0.1, -0.05) is 72.8 Å². The first-order valence-corrected chi connectivity index (χ1v) is 19.2. The van der Waals surface area contributed by atoms with Gasteiger partial charge in [0.05, 0.1) is 23.6 Å². The third kappa shape index (κ3) is 7.64. The van der Waals surface area contributed by atoms with E-state index in [1.54, 1.807) is 23.2 Å². The Morgan fingerprint density at radius 3 is 2.35 bits per heavy atom. The highest BCUT2D eigenvalue weighted by Gasteiger charge is 2.58. The molecule has 3 fully saturated rings. The number of pyridine rings is 1. The number of para-hydroxylation sites is 2. The normalized spacial score (nSPS) is 23.8. The molecule has 4 heterocycles. The van der Waals surface area contributed by atoms with Crippen LogP contribution in [0.15, 0.2) is 120 Å². The van der Waals surface area contributed by atoms with Crippen molar-refractivity contribution in [2.24, 2.45) is 17.8 Å². The second-order valence-corrected chi connectivity index (χ2v) is 14.9. The summed E-state index contributed by atoms with van der Waals surface area (Å²) < 4.78 is 12.7. The summed E-state index contributed by atoms with van der Waals surface area (Å²) in [5.74, 6) is -0.720. The van der Waals surface area contributed by atoms with E-state index in [1.165, 1.54) is 5.56 Å². The number of phenolic OH excluding ortho intramolecular Hbond substituents is 1. The molecule has 4 aliphatic rings. The number of rotatable bonds is 11. The van der Waals surface area contributed by atoms with E-state index in [2.05, 4.69) is 34.1 Å². The molecular formula is C44H46BN3O6. The maximum atomic E-state index is 14.5. The molecule has 3 saturated heterocycles. The monoisotopic (exact) mass is 723 g/mol. The van der Waals surface area contributed by atoms with Crippen molar-refractivity contribution in [2.45, 2.75) is 57.1 Å². The predicted octanol–water partition coefficient (Wildman–Crippen LogP) is 6.65. The number of piperidine rings is 1. The molecule has 1 aromatic heterocycles. The topological polar surface area (TPSA) is 112 Å². The largest absolute Gasteiger partial charge is 0.507 e. The molecule has 4 aromatic rings. The Labute approximate surface area is 317 Å². The van der Waals surface area contributed by atoms with E-state index in [4.69, 9.17) is 9.39 Å². The first kappa shape index (κ1) is 36.0. The number of aromatic nitrogens is 1. The lowest BCUT2D eigenvalue weighted by atomic mass is 9.58. The molecule has 0 unspecified atom stereocenters. The van der Waals surface area contributed by atoms with Gasteiger partial charge in [-0.3, -0.25) is 24.4 Å². The molecule has 9 nitrogen and oxygen atoms in total. The second kappa shape index (κ2) is 16.1. The van der Waals surface area contributed by atoms with Crippen LogP contribution in [0.5, 0.6) is 11.5 Å². The van der Waals surface area contributed by atoms with Crippen LogP contribution in [0.25, 0.3) is 11.6 Å². The summed E-state index contributed by atoms with van der Waals surface area (Å²) in [7, 11) is -1.09. The van der Waals surface area contributed by atoms with Crippen molar-refractivity contribution in [3.8, 4) is 11.5 Å². The van der Waals surface area contributed by atoms with Crippen molar-refractivity contribution >= 4 is 30.6 Å². The van der Waals surface area contributed by atoms with Crippen LogP contribution in [0.4, 0.5) is 0 Å². The molecule has 54 heavy (non-hydrogen) atoms. The number of benzene rings is 3. The minimum Gasteiger partial charge on any atom is -0.507 e. The Hall–Kier alpha value is -5.03. The first-order chi connectivity index (χ1) is 26.4. The summed E-state index contributed by atoms with van der Waals surface area (Å²) >= 11 is 0. The van der Waals surface area contributed by atoms with Crippen molar-refractivity contribution < 1.29 is 29.1 Å². The Bertz CT molecular complexity index is 2000. The number of amides is 2. The van der Waals surface area contributed by atoms with E-state index >= 15 is 0 Å². The van der Waals surface area contributed by atoms with Crippen LogP contribution in [-0.2, 0) is 20.8 Å². The molecule has 0 bridgehead atoms. The summed E-state index contributed by atoms with van der Waals surface area (Å²) in [6.45, 7) is 2.74. The van der Waals surface area contributed by atoms with Crippen LogP contribution in [0.2, 0.25) is 6.32 Å². The molecule has 2 N–H and O–H groups in total. The molecule has 10 heteroatoms. The minimum atomic E-state index is -1.09. The van der Waals surface area contributed by atoms with Gasteiger partial charge in [0, 0.05) is 37.4 Å². The van der Waals surface area contributed by atoms with Crippen molar-refractivity contribution in [1.82, 2.24) is 14.8 Å². The highest BCUT2D eigenvalue weighted by molar-refractivity contribution is 6.43. The van der Waals surface area contributed by atoms with Gasteiger partial charge in [0.2, 0.25) is 11.8 Å². The number of fused-ring (bicyclic) bond motifs is 3. The average Bonchev–Trinajstić information content (AvgIpc) is 3.45. The SMILES string of the molecule is O=C1[C@@H]2[C@@H](CC(COc3ccccc3)=C3[C@@H](CC/C(=C/c4ccccc4O)c4ccccn4)OB(O)C[C@@H]32)C(=O)N1C1CCN(Cc2ccccc2)CC1. The van der Waals surface area contributed by atoms with Gasteiger partial charge in [-0.25, -0.2) is 0 Å². The van der Waals surface area contributed by atoms with E-state index in [-0.39, 0.29) is 42.5 Å². The quantitative estimate of drug-likeness (QED) is 0.101. The maximum Gasteiger partial charge on any atom is 0.455 e. The second-order valence-electron chi connectivity index (χ2n) is 14.9. The van der Waals surface area contributed by atoms with Crippen LogP contribution in [0, 0.1) is 17.8 Å². The van der Waals surface area contributed by atoms with Gasteiger partial charge >= 0.3 is 7.12 Å². The number of hydrogen-bond donors (Lipinski definition) is 2. The van der Waals surface area contributed by atoms with E-state index in [0.717, 1.165) is 60.6 Å². The fourth-order valence-corrected chi connectivity index (χ4v) is 9.06. The number of nitrogens with zero attached hydrogens (tertiary/aromatic N) is 3. The predicted molar refractivity (Wildman–Crippen MR) is 208 cm³/mol. The Balaban J connectivity index is 1.07. The number of ether oxygens (including phenoxy) is 1. The standard InChI is InChI=1S/C44H46BN3O6/c49-39-17-8-7-13-32(39)25-31(38-16-9-10-22-46-38)18-19-40-41-33(29-53-35-14-5-2-6-15-35)26-36-42(37(41)27-45(52)54-40)44(51)48(43(36)50)34-20-23-47(24-21-34)28-30-11-3-1-4-12-30/h1-17,22,25,34,36-37,40,42,49,52H,18-21,23-24,26-29H2/b31-25-/t36-,37+,40-,42-/m1/s1. The number of aromatic hydroxyl groups is 1. The van der Waals surface area contributed by atoms with Gasteiger partial charge in [0.1, 0.15) is 18.1 Å². The van der Waals surface area contributed by atoms with Crippen molar-refractivity contribution in [2.75, 3.05) is 19.7 Å². The molecule has 0 radical (unpaired) electrons.